The molecule has 0 aliphatic rings. The van der Waals surface area contributed by atoms with Crippen molar-refractivity contribution >= 4 is 5.97 Å². The molecule has 0 rings (SSSR count). The average molecular weight is 270 g/mol. The van der Waals surface area contributed by atoms with Crippen molar-refractivity contribution in [1.82, 2.24) is 0 Å². The van der Waals surface area contributed by atoms with Crippen molar-refractivity contribution in [2.75, 3.05) is 6.61 Å². The molecule has 18 heavy (non-hydrogen) atoms. The lowest BCUT2D eigenvalue weighted by molar-refractivity contribution is -0.218. The smallest absolute Gasteiger partial charge is 0.425 e. The second kappa shape index (κ2) is 9.19. The number of hydrogen-bond acceptors (Lipinski definition) is 3. The molecular weight excluding hydrogens is 249 g/mol. The second-order valence-electron chi connectivity index (χ2n) is 4.23. The Morgan fingerprint density at radius 3 is 2.11 bits per heavy atom. The van der Waals surface area contributed by atoms with Crippen molar-refractivity contribution in [1.29, 1.82) is 0 Å². The van der Waals surface area contributed by atoms with Gasteiger partial charge in [-0.1, -0.05) is 45.4 Å². The number of unbranched alkanes of at least 4 members (excludes halogenated alkanes) is 6. The maximum absolute atomic E-state index is 11.9. The largest absolute Gasteiger partial charge is 0.464 e. The summed E-state index contributed by atoms with van der Waals surface area (Å²) < 4.78 is 40.0. The van der Waals surface area contributed by atoms with Gasteiger partial charge in [0.15, 0.2) is 0 Å². The fourth-order valence-electron chi connectivity index (χ4n) is 1.44. The lowest BCUT2D eigenvalue weighted by atomic mass is 10.1. The molecule has 6 heteroatoms. The van der Waals surface area contributed by atoms with Crippen LogP contribution in [0.1, 0.15) is 51.9 Å². The number of rotatable bonds is 9. The molecule has 108 valence electrons. The number of aliphatic hydroxyl groups is 1. The van der Waals surface area contributed by atoms with Crippen molar-refractivity contribution in [2.24, 2.45) is 0 Å². The molecule has 1 N–H and O–H groups in total. The molecule has 0 saturated carbocycles. The van der Waals surface area contributed by atoms with Gasteiger partial charge < -0.3 is 9.84 Å². The molecule has 1 unspecified atom stereocenters. The first-order chi connectivity index (χ1) is 8.39. The van der Waals surface area contributed by atoms with E-state index in [0.29, 0.717) is 6.42 Å². The van der Waals surface area contributed by atoms with Gasteiger partial charge in [0.1, 0.15) is 0 Å². The Bertz CT molecular complexity index is 229. The van der Waals surface area contributed by atoms with Crippen LogP contribution in [0.4, 0.5) is 13.2 Å². The van der Waals surface area contributed by atoms with Gasteiger partial charge in [-0.05, 0) is 6.42 Å². The topological polar surface area (TPSA) is 46.5 Å². The molecule has 0 bridgehead atoms. The molecule has 0 aliphatic carbocycles. The van der Waals surface area contributed by atoms with Crippen LogP contribution in [0.5, 0.6) is 0 Å². The van der Waals surface area contributed by atoms with Crippen LogP contribution in [0.25, 0.3) is 0 Å². The molecule has 0 amide bonds. The minimum atomic E-state index is -4.95. The summed E-state index contributed by atoms with van der Waals surface area (Å²) in [5, 5.41) is 8.55. The molecule has 0 spiro atoms. The number of aliphatic hydroxyl groups excluding tert-OH is 1. The minimum absolute atomic E-state index is 0.0697. The van der Waals surface area contributed by atoms with Crippen molar-refractivity contribution < 1.29 is 27.8 Å². The summed E-state index contributed by atoms with van der Waals surface area (Å²) in [6, 6.07) is 0. The summed E-state index contributed by atoms with van der Waals surface area (Å²) in [7, 11) is 0. The zero-order valence-corrected chi connectivity index (χ0v) is 10.6. The van der Waals surface area contributed by atoms with Crippen LogP contribution < -0.4 is 0 Å². The lowest BCUT2D eigenvalue weighted by Crippen LogP contribution is -2.37. The minimum Gasteiger partial charge on any atom is -0.464 e. The van der Waals surface area contributed by atoms with Crippen LogP contribution in [-0.2, 0) is 9.53 Å². The highest BCUT2D eigenvalue weighted by molar-refractivity contribution is 5.75. The molecule has 0 saturated heterocycles. The van der Waals surface area contributed by atoms with Crippen molar-refractivity contribution in [3.63, 3.8) is 0 Å². The van der Waals surface area contributed by atoms with Gasteiger partial charge in [0.2, 0.25) is 6.10 Å². The third kappa shape index (κ3) is 8.33. The van der Waals surface area contributed by atoms with Crippen LogP contribution in [0.15, 0.2) is 0 Å². The quantitative estimate of drug-likeness (QED) is 0.517. The fourth-order valence-corrected chi connectivity index (χ4v) is 1.44. The van der Waals surface area contributed by atoms with Crippen molar-refractivity contribution in [3.8, 4) is 0 Å². The predicted octanol–water partition coefficient (Wildman–Crippen LogP) is 3.20. The van der Waals surface area contributed by atoms with E-state index >= 15 is 0 Å². The Kier molecular flexibility index (Phi) is 8.79. The molecular formula is C12H21F3O3. The van der Waals surface area contributed by atoms with E-state index in [4.69, 9.17) is 5.11 Å². The van der Waals surface area contributed by atoms with Crippen molar-refractivity contribution in [3.05, 3.63) is 0 Å². The highest BCUT2D eigenvalue weighted by Crippen LogP contribution is 2.20. The molecule has 3 nitrogen and oxygen atoms in total. The van der Waals surface area contributed by atoms with E-state index in [0.717, 1.165) is 32.1 Å². The Labute approximate surface area is 105 Å². The number of carbonyl (C=O) groups is 1. The summed E-state index contributed by atoms with van der Waals surface area (Å²) in [6.07, 6.45) is -1.05. The Hall–Kier alpha value is -0.780. The summed E-state index contributed by atoms with van der Waals surface area (Å²) >= 11 is 0. The average Bonchev–Trinajstić information content (AvgIpc) is 2.30. The lowest BCUT2D eigenvalue weighted by Gasteiger charge is -2.13. The number of alkyl halides is 3. The number of esters is 1. The number of hydrogen-bond donors (Lipinski definition) is 1. The van der Waals surface area contributed by atoms with E-state index in [2.05, 4.69) is 11.7 Å². The number of halogens is 3. The first-order valence-electron chi connectivity index (χ1n) is 6.31. The van der Waals surface area contributed by atoms with E-state index in [1.165, 1.54) is 6.42 Å². The molecule has 0 aliphatic heterocycles. The molecule has 0 heterocycles. The number of ether oxygens (including phenoxy) is 1. The van der Waals surface area contributed by atoms with Crippen molar-refractivity contribution in [2.45, 2.75) is 64.1 Å². The normalized spacial score (nSPS) is 13.4. The summed E-state index contributed by atoms with van der Waals surface area (Å²) in [6.45, 7) is 2.05. The molecule has 0 aromatic carbocycles. The van der Waals surface area contributed by atoms with E-state index in [1.54, 1.807) is 0 Å². The van der Waals surface area contributed by atoms with Gasteiger partial charge in [-0.2, -0.15) is 13.2 Å². The van der Waals surface area contributed by atoms with Crippen LogP contribution in [0.3, 0.4) is 0 Å². The Morgan fingerprint density at radius 1 is 1.11 bits per heavy atom. The first kappa shape index (κ1) is 17.2. The Balaban J connectivity index is 3.47. The zero-order valence-electron chi connectivity index (χ0n) is 10.6. The molecule has 0 aromatic rings. The van der Waals surface area contributed by atoms with E-state index in [-0.39, 0.29) is 6.61 Å². The van der Waals surface area contributed by atoms with Gasteiger partial charge in [-0.25, -0.2) is 4.79 Å². The second-order valence-corrected chi connectivity index (χ2v) is 4.23. The fraction of sp³-hybridized carbons (Fsp3) is 0.917. The van der Waals surface area contributed by atoms with Gasteiger partial charge in [0.05, 0.1) is 6.61 Å². The van der Waals surface area contributed by atoms with Gasteiger partial charge in [0, 0.05) is 0 Å². The molecule has 1 atom stereocenters. The third-order valence-corrected chi connectivity index (χ3v) is 2.53. The summed E-state index contributed by atoms with van der Waals surface area (Å²) in [5.74, 6) is -1.62. The van der Waals surface area contributed by atoms with Gasteiger partial charge in [0.25, 0.3) is 0 Å². The van der Waals surface area contributed by atoms with Crippen LogP contribution in [0, 0.1) is 0 Å². The van der Waals surface area contributed by atoms with Crippen LogP contribution in [-0.4, -0.2) is 30.0 Å². The molecule has 0 fully saturated rings. The van der Waals surface area contributed by atoms with Crippen LogP contribution >= 0.6 is 0 Å². The highest BCUT2D eigenvalue weighted by Gasteiger charge is 2.44. The summed E-state index contributed by atoms with van der Waals surface area (Å²) in [4.78, 5) is 10.8. The van der Waals surface area contributed by atoms with Crippen LogP contribution in [0.2, 0.25) is 0 Å². The maximum Gasteiger partial charge on any atom is 0.425 e. The molecule has 0 aromatic heterocycles. The predicted molar refractivity (Wildman–Crippen MR) is 61.0 cm³/mol. The molecule has 0 radical (unpaired) electrons. The Morgan fingerprint density at radius 2 is 1.61 bits per heavy atom. The van der Waals surface area contributed by atoms with Gasteiger partial charge in [-0.15, -0.1) is 0 Å². The third-order valence-electron chi connectivity index (χ3n) is 2.53. The van der Waals surface area contributed by atoms with E-state index in [9.17, 15) is 18.0 Å². The summed E-state index contributed by atoms with van der Waals surface area (Å²) in [5.41, 5.74) is 0. The number of carbonyl (C=O) groups excluding carboxylic acids is 1. The van der Waals surface area contributed by atoms with E-state index in [1.807, 2.05) is 0 Å². The van der Waals surface area contributed by atoms with E-state index < -0.39 is 18.2 Å². The first-order valence-corrected chi connectivity index (χ1v) is 6.31. The monoisotopic (exact) mass is 270 g/mol. The highest BCUT2D eigenvalue weighted by atomic mass is 19.4. The van der Waals surface area contributed by atoms with Gasteiger partial charge >= 0.3 is 12.1 Å². The maximum atomic E-state index is 11.9. The zero-order chi connectivity index (χ0) is 14.0. The van der Waals surface area contributed by atoms with Gasteiger partial charge in [-0.3, -0.25) is 0 Å². The SMILES string of the molecule is CCCCCCCCCOC(=O)C(O)C(F)(F)F. The standard InChI is InChI=1S/C12H21F3O3/c1-2-3-4-5-6-7-8-9-18-11(17)10(16)12(13,14)15/h10,16H,2-9H2,1H3.